The van der Waals surface area contributed by atoms with Gasteiger partial charge in [0.25, 0.3) is 11.5 Å². The third-order valence-electron chi connectivity index (χ3n) is 6.63. The third kappa shape index (κ3) is 4.87. The Morgan fingerprint density at radius 2 is 2.00 bits per heavy atom. The van der Waals surface area contributed by atoms with Crippen molar-refractivity contribution in [2.45, 2.75) is 39.3 Å². The lowest BCUT2D eigenvalue weighted by Gasteiger charge is -2.32. The number of halogens is 1. The summed E-state index contributed by atoms with van der Waals surface area (Å²) in [5.74, 6) is -0.205. The number of amides is 1. The molecule has 0 aliphatic heterocycles. The first-order chi connectivity index (χ1) is 18.4. The van der Waals surface area contributed by atoms with E-state index in [2.05, 4.69) is 0 Å². The molecule has 0 aliphatic rings. The Kier molecular flexibility index (Phi) is 7.40. The molecule has 1 amide bonds. The predicted octanol–water partition coefficient (Wildman–Crippen LogP) is 5.64. The van der Waals surface area contributed by atoms with E-state index in [4.69, 9.17) is 15.1 Å². The number of hydrogen-bond donors (Lipinski definition) is 1. The molecule has 9 heteroatoms. The van der Waals surface area contributed by atoms with Crippen LogP contribution in [-0.2, 0) is 6.54 Å². The minimum atomic E-state index is -0.534. The van der Waals surface area contributed by atoms with Gasteiger partial charge in [-0.3, -0.25) is 14.2 Å². The summed E-state index contributed by atoms with van der Waals surface area (Å²) in [5.41, 5.74) is 7.94. The second kappa shape index (κ2) is 10.9. The Hall–Kier alpha value is -3.82. The van der Waals surface area contributed by atoms with Gasteiger partial charge in [0.1, 0.15) is 22.7 Å². The topological polar surface area (TPSA) is 94.4 Å². The lowest BCUT2D eigenvalue weighted by Crippen LogP contribution is -2.41. The quantitative estimate of drug-likeness (QED) is 0.265. The van der Waals surface area contributed by atoms with Crippen LogP contribution in [-0.4, -0.2) is 33.4 Å². The zero-order valence-corrected chi connectivity index (χ0v) is 22.1. The van der Waals surface area contributed by atoms with Gasteiger partial charge in [0.15, 0.2) is 0 Å². The van der Waals surface area contributed by atoms with Gasteiger partial charge >= 0.3 is 0 Å². The second-order valence-corrected chi connectivity index (χ2v) is 10.4. The fourth-order valence-corrected chi connectivity index (χ4v) is 5.47. The van der Waals surface area contributed by atoms with Crippen LogP contribution in [0.2, 0.25) is 0 Å². The molecular weight excluding hydrogens is 503 g/mol. The number of aryl methyl sites for hydroxylation is 1. The van der Waals surface area contributed by atoms with Gasteiger partial charge in [0.2, 0.25) is 5.58 Å². The summed E-state index contributed by atoms with van der Waals surface area (Å²) in [5, 5.41) is 2.37. The van der Waals surface area contributed by atoms with Crippen molar-refractivity contribution in [2.24, 2.45) is 5.73 Å². The molecule has 0 fully saturated rings. The first kappa shape index (κ1) is 25.8. The molecule has 5 rings (SSSR count). The van der Waals surface area contributed by atoms with Crippen molar-refractivity contribution in [3.63, 3.8) is 0 Å². The normalized spacial score (nSPS) is 12.3. The minimum Gasteiger partial charge on any atom is -0.448 e. The summed E-state index contributed by atoms with van der Waals surface area (Å²) in [6, 6.07) is 14.8. The van der Waals surface area contributed by atoms with Crippen molar-refractivity contribution in [3.05, 3.63) is 98.0 Å². The van der Waals surface area contributed by atoms with Gasteiger partial charge in [-0.15, -0.1) is 11.3 Å². The molecule has 3 heterocycles. The number of benzene rings is 2. The third-order valence-corrected chi connectivity index (χ3v) is 7.49. The average Bonchev–Trinajstić information content (AvgIpc) is 3.56. The summed E-state index contributed by atoms with van der Waals surface area (Å²) in [6.07, 6.45) is 1.30. The fourth-order valence-electron chi connectivity index (χ4n) is 4.78. The second-order valence-electron chi connectivity index (χ2n) is 9.32. The number of rotatable bonds is 9. The molecule has 3 aromatic heterocycles. The van der Waals surface area contributed by atoms with Gasteiger partial charge in [-0.1, -0.05) is 37.1 Å². The highest BCUT2D eigenvalue weighted by atomic mass is 32.1. The van der Waals surface area contributed by atoms with Crippen molar-refractivity contribution in [1.29, 1.82) is 0 Å². The van der Waals surface area contributed by atoms with Crippen LogP contribution in [0.1, 0.15) is 52.4 Å². The van der Waals surface area contributed by atoms with Gasteiger partial charge in [-0.25, -0.2) is 9.37 Å². The van der Waals surface area contributed by atoms with Gasteiger partial charge in [0.05, 0.1) is 12.6 Å². The molecule has 38 heavy (non-hydrogen) atoms. The van der Waals surface area contributed by atoms with Crippen molar-refractivity contribution >= 4 is 39.3 Å². The molecule has 0 bridgehead atoms. The average molecular weight is 533 g/mol. The maximum atomic E-state index is 14.2. The highest BCUT2D eigenvalue weighted by Crippen LogP contribution is 2.31. The number of furan rings is 1. The van der Waals surface area contributed by atoms with Crippen LogP contribution in [0.25, 0.3) is 22.1 Å². The lowest BCUT2D eigenvalue weighted by molar-refractivity contribution is 0.0658. The van der Waals surface area contributed by atoms with Crippen molar-refractivity contribution in [3.8, 4) is 0 Å². The van der Waals surface area contributed by atoms with Crippen molar-refractivity contribution < 1.29 is 13.6 Å². The Labute approximate surface area is 223 Å². The predicted molar refractivity (Wildman–Crippen MR) is 148 cm³/mol. The van der Waals surface area contributed by atoms with E-state index in [0.717, 1.165) is 16.9 Å². The number of fused-ring (bicyclic) bond motifs is 3. The van der Waals surface area contributed by atoms with Crippen LogP contribution < -0.4 is 11.3 Å². The number of carbonyl (C=O) groups is 1. The van der Waals surface area contributed by atoms with E-state index in [0.29, 0.717) is 34.3 Å². The Morgan fingerprint density at radius 3 is 2.68 bits per heavy atom. The number of hydrogen-bond acceptors (Lipinski definition) is 6. The zero-order chi connectivity index (χ0) is 26.8. The number of nitrogens with zero attached hydrogens (tertiary/aromatic N) is 3. The molecule has 7 nitrogen and oxygen atoms in total. The molecule has 0 aliphatic carbocycles. The summed E-state index contributed by atoms with van der Waals surface area (Å²) in [7, 11) is 0. The SMILES string of the molecule is CCC[C@H](c1nc2c(oc3ccc(F)cc32)c(=O)n1Cc1cccs1)N(CCN)C(=O)c1ccc(C)cc1. The molecule has 5 aromatic rings. The first-order valence-corrected chi connectivity index (χ1v) is 13.5. The van der Waals surface area contributed by atoms with E-state index in [1.54, 1.807) is 21.6 Å². The summed E-state index contributed by atoms with van der Waals surface area (Å²) in [4.78, 5) is 35.3. The highest BCUT2D eigenvalue weighted by Gasteiger charge is 2.31. The zero-order valence-electron chi connectivity index (χ0n) is 21.3. The van der Waals surface area contributed by atoms with E-state index in [-0.39, 0.29) is 36.7 Å². The van der Waals surface area contributed by atoms with E-state index in [1.165, 1.54) is 29.5 Å². The number of aromatic nitrogens is 2. The van der Waals surface area contributed by atoms with E-state index < -0.39 is 11.9 Å². The van der Waals surface area contributed by atoms with Gasteiger partial charge in [0, 0.05) is 28.9 Å². The molecular formula is C29H29FN4O3S. The molecule has 0 saturated heterocycles. The van der Waals surface area contributed by atoms with Gasteiger partial charge < -0.3 is 15.1 Å². The highest BCUT2D eigenvalue weighted by molar-refractivity contribution is 7.09. The summed E-state index contributed by atoms with van der Waals surface area (Å²) in [6.45, 7) is 4.79. The number of carbonyl (C=O) groups excluding carboxylic acids is 1. The Balaban J connectivity index is 1.74. The van der Waals surface area contributed by atoms with Crippen LogP contribution >= 0.6 is 11.3 Å². The molecule has 0 radical (unpaired) electrons. The van der Waals surface area contributed by atoms with E-state index >= 15 is 0 Å². The minimum absolute atomic E-state index is 0.0661. The molecule has 1 atom stereocenters. The fraction of sp³-hybridized carbons (Fsp3) is 0.276. The van der Waals surface area contributed by atoms with E-state index in [1.807, 2.05) is 43.5 Å². The molecule has 2 aromatic carbocycles. The smallest absolute Gasteiger partial charge is 0.297 e. The molecule has 0 spiro atoms. The maximum Gasteiger partial charge on any atom is 0.297 e. The first-order valence-electron chi connectivity index (χ1n) is 12.6. The maximum absolute atomic E-state index is 14.2. The van der Waals surface area contributed by atoms with Crippen LogP contribution in [0.5, 0.6) is 0 Å². The number of thiophene rings is 1. The van der Waals surface area contributed by atoms with Crippen molar-refractivity contribution in [1.82, 2.24) is 14.5 Å². The number of nitrogens with two attached hydrogens (primary N) is 1. The molecule has 0 saturated carbocycles. The van der Waals surface area contributed by atoms with Crippen LogP contribution in [0.4, 0.5) is 4.39 Å². The monoisotopic (exact) mass is 532 g/mol. The standard InChI is InChI=1S/C29H29FN4O3S/c1-3-5-23(33(14-13-31)28(35)19-9-7-18(2)8-10-19)27-32-25-22-16-20(30)11-12-24(22)37-26(25)29(36)34(27)17-21-6-4-15-38-21/h4,6-12,15-16,23H,3,5,13-14,17,31H2,1-2H3/t23-/m1/s1. The lowest BCUT2D eigenvalue weighted by atomic mass is 10.1. The van der Waals surface area contributed by atoms with Crippen LogP contribution in [0.15, 0.2) is 69.2 Å². The summed E-state index contributed by atoms with van der Waals surface area (Å²) < 4.78 is 21.6. The largest absolute Gasteiger partial charge is 0.448 e. The molecule has 196 valence electrons. The van der Waals surface area contributed by atoms with Crippen LogP contribution in [0, 0.1) is 12.7 Å². The Morgan fingerprint density at radius 1 is 1.21 bits per heavy atom. The van der Waals surface area contributed by atoms with Gasteiger partial charge in [-0.05, 0) is 55.1 Å². The molecule has 2 N–H and O–H groups in total. The van der Waals surface area contributed by atoms with Crippen LogP contribution in [0.3, 0.4) is 0 Å². The van der Waals surface area contributed by atoms with Gasteiger partial charge in [-0.2, -0.15) is 0 Å². The summed E-state index contributed by atoms with van der Waals surface area (Å²) >= 11 is 1.53. The van der Waals surface area contributed by atoms with Crippen molar-refractivity contribution in [2.75, 3.05) is 13.1 Å². The van der Waals surface area contributed by atoms with E-state index in [9.17, 15) is 14.0 Å². The Bertz CT molecular complexity index is 1640. The molecule has 0 unspecified atom stereocenters.